The largest absolute Gasteiger partial charge is 0.496 e. The van der Waals surface area contributed by atoms with Crippen molar-refractivity contribution < 1.29 is 14.3 Å². The van der Waals surface area contributed by atoms with Crippen molar-refractivity contribution in [2.24, 2.45) is 5.92 Å². The number of ketones is 1. The quantitative estimate of drug-likeness (QED) is 0.414. The molecule has 0 spiro atoms. The second-order valence-corrected chi connectivity index (χ2v) is 6.63. The first kappa shape index (κ1) is 20.2. The van der Waals surface area contributed by atoms with Crippen molar-refractivity contribution in [2.75, 3.05) is 20.8 Å². The highest BCUT2D eigenvalue weighted by Gasteiger charge is 2.15. The van der Waals surface area contributed by atoms with Crippen LogP contribution in [0.1, 0.15) is 41.3 Å². The van der Waals surface area contributed by atoms with E-state index in [1.165, 1.54) is 0 Å². The number of carbonyl (C=O) groups is 1. The van der Waals surface area contributed by atoms with Gasteiger partial charge in [0.2, 0.25) is 0 Å². The monoisotopic (exact) mass is 372 g/mol. The van der Waals surface area contributed by atoms with Crippen LogP contribution in [-0.2, 0) is 4.74 Å². The van der Waals surface area contributed by atoms with E-state index in [0.717, 1.165) is 23.3 Å². The first-order chi connectivity index (χ1) is 12.6. The van der Waals surface area contributed by atoms with Gasteiger partial charge in [0, 0.05) is 36.3 Å². The topological polar surface area (TPSA) is 35.5 Å². The van der Waals surface area contributed by atoms with Gasteiger partial charge in [0.25, 0.3) is 0 Å². The minimum absolute atomic E-state index is 0.123. The van der Waals surface area contributed by atoms with Gasteiger partial charge in [-0.3, -0.25) is 4.79 Å². The molecule has 4 heteroatoms. The first-order valence-corrected chi connectivity index (χ1v) is 9.09. The molecule has 2 aromatic carbocycles. The Balaban J connectivity index is 2.21. The molecule has 0 fully saturated rings. The molecule has 0 N–H and O–H groups in total. The van der Waals surface area contributed by atoms with Crippen LogP contribution in [0.4, 0.5) is 0 Å². The molecule has 0 aliphatic heterocycles. The number of hydrogen-bond acceptors (Lipinski definition) is 3. The summed E-state index contributed by atoms with van der Waals surface area (Å²) >= 11 is 5.92. The maximum Gasteiger partial charge on any atom is 0.163 e. The third kappa shape index (κ3) is 5.72. The molecule has 0 bridgehead atoms. The van der Waals surface area contributed by atoms with Gasteiger partial charge in [-0.1, -0.05) is 49.2 Å². The summed E-state index contributed by atoms with van der Waals surface area (Å²) in [5.74, 6) is 1.09. The van der Waals surface area contributed by atoms with Crippen molar-refractivity contribution in [1.82, 2.24) is 0 Å². The molecule has 0 aromatic heterocycles. The van der Waals surface area contributed by atoms with Crippen molar-refractivity contribution >= 4 is 29.5 Å². The second kappa shape index (κ2) is 10.1. The zero-order valence-corrected chi connectivity index (χ0v) is 16.3. The third-order valence-corrected chi connectivity index (χ3v) is 4.58. The van der Waals surface area contributed by atoms with Crippen LogP contribution >= 0.6 is 11.6 Å². The molecule has 2 aromatic rings. The Morgan fingerprint density at radius 2 is 1.85 bits per heavy atom. The lowest BCUT2D eigenvalue weighted by atomic mass is 9.95. The minimum Gasteiger partial charge on any atom is -0.496 e. The number of halogens is 1. The van der Waals surface area contributed by atoms with Crippen molar-refractivity contribution in [3.63, 3.8) is 0 Å². The number of carbonyl (C=O) groups excluding carboxylic acids is 1. The number of ether oxygens (including phenoxy) is 2. The van der Waals surface area contributed by atoms with E-state index in [1.54, 1.807) is 14.2 Å². The molecule has 0 saturated carbocycles. The summed E-state index contributed by atoms with van der Waals surface area (Å²) in [7, 11) is 3.29. The average Bonchev–Trinajstić information content (AvgIpc) is 2.66. The van der Waals surface area contributed by atoms with E-state index in [2.05, 4.69) is 6.92 Å². The van der Waals surface area contributed by atoms with Gasteiger partial charge in [0.15, 0.2) is 5.78 Å². The highest BCUT2D eigenvalue weighted by Crippen LogP contribution is 2.24. The highest BCUT2D eigenvalue weighted by atomic mass is 35.5. The van der Waals surface area contributed by atoms with E-state index in [-0.39, 0.29) is 11.7 Å². The number of Topliss-reactive ketones (excluding diaryl/α,β-unsaturated/α-hetero) is 1. The lowest BCUT2D eigenvalue weighted by Gasteiger charge is -2.13. The van der Waals surface area contributed by atoms with Gasteiger partial charge in [0.05, 0.1) is 7.11 Å². The van der Waals surface area contributed by atoms with Gasteiger partial charge in [0.1, 0.15) is 5.75 Å². The van der Waals surface area contributed by atoms with Gasteiger partial charge >= 0.3 is 0 Å². The maximum absolute atomic E-state index is 12.6. The number of benzene rings is 2. The fraction of sp³-hybridized carbons (Fsp3) is 0.318. The van der Waals surface area contributed by atoms with Crippen LogP contribution in [-0.4, -0.2) is 26.6 Å². The van der Waals surface area contributed by atoms with Crippen LogP contribution in [0.5, 0.6) is 5.75 Å². The van der Waals surface area contributed by atoms with Gasteiger partial charge in [-0.15, -0.1) is 0 Å². The molecule has 0 amide bonds. The zero-order valence-electron chi connectivity index (χ0n) is 15.5. The highest BCUT2D eigenvalue weighted by molar-refractivity contribution is 6.30. The third-order valence-electron chi connectivity index (χ3n) is 4.33. The van der Waals surface area contributed by atoms with Gasteiger partial charge in [-0.25, -0.2) is 0 Å². The maximum atomic E-state index is 12.6. The van der Waals surface area contributed by atoms with E-state index >= 15 is 0 Å². The standard InChI is InChI=1S/C22H25ClO3/c1-4-16(15-25-2)13-21(24)18-9-12-22(26-3)19(14-18)8-5-17-6-10-20(23)11-7-17/h5-12,14,16H,4,13,15H2,1-3H3/b8-5+. The molecule has 26 heavy (non-hydrogen) atoms. The average molecular weight is 373 g/mol. The molecule has 0 heterocycles. The van der Waals surface area contributed by atoms with E-state index in [1.807, 2.05) is 54.6 Å². The number of rotatable bonds is 9. The Hall–Kier alpha value is -2.10. The molecule has 0 saturated heterocycles. The Morgan fingerprint density at radius 1 is 1.12 bits per heavy atom. The molecule has 0 aliphatic rings. The van der Waals surface area contributed by atoms with Crippen molar-refractivity contribution in [3.8, 4) is 5.75 Å². The van der Waals surface area contributed by atoms with Gasteiger partial charge in [-0.2, -0.15) is 0 Å². The molecule has 1 atom stereocenters. The summed E-state index contributed by atoms with van der Waals surface area (Å²) < 4.78 is 10.6. The lowest BCUT2D eigenvalue weighted by Crippen LogP contribution is -2.13. The fourth-order valence-corrected chi connectivity index (χ4v) is 2.86. The molecule has 1 unspecified atom stereocenters. The number of hydrogen-bond donors (Lipinski definition) is 0. The molecule has 3 nitrogen and oxygen atoms in total. The van der Waals surface area contributed by atoms with Crippen LogP contribution in [0, 0.1) is 5.92 Å². The van der Waals surface area contributed by atoms with E-state index in [9.17, 15) is 4.79 Å². The summed E-state index contributed by atoms with van der Waals surface area (Å²) in [5, 5.41) is 0.703. The fourth-order valence-electron chi connectivity index (χ4n) is 2.73. The van der Waals surface area contributed by atoms with Crippen LogP contribution in [0.2, 0.25) is 5.02 Å². The Bertz CT molecular complexity index is 750. The van der Waals surface area contributed by atoms with E-state index in [4.69, 9.17) is 21.1 Å². The minimum atomic E-state index is 0.123. The summed E-state index contributed by atoms with van der Waals surface area (Å²) in [6, 6.07) is 13.1. The SMILES string of the molecule is CCC(COC)CC(=O)c1ccc(OC)c(/C=C/c2ccc(Cl)cc2)c1. The predicted molar refractivity (Wildman–Crippen MR) is 108 cm³/mol. The zero-order chi connectivity index (χ0) is 18.9. The molecule has 0 aliphatic carbocycles. The van der Waals surface area contributed by atoms with Crippen molar-refractivity contribution in [3.05, 3.63) is 64.2 Å². The molecular formula is C22H25ClO3. The van der Waals surface area contributed by atoms with Crippen LogP contribution in [0.15, 0.2) is 42.5 Å². The van der Waals surface area contributed by atoms with Crippen LogP contribution in [0.25, 0.3) is 12.2 Å². The molecule has 138 valence electrons. The van der Waals surface area contributed by atoms with E-state index < -0.39 is 0 Å². The summed E-state index contributed by atoms with van der Waals surface area (Å²) in [4.78, 5) is 12.6. The summed E-state index contributed by atoms with van der Waals surface area (Å²) in [6.45, 7) is 2.67. The van der Waals surface area contributed by atoms with Crippen LogP contribution < -0.4 is 4.74 Å². The van der Waals surface area contributed by atoms with Crippen molar-refractivity contribution in [2.45, 2.75) is 19.8 Å². The van der Waals surface area contributed by atoms with E-state index in [0.29, 0.717) is 23.6 Å². The summed E-state index contributed by atoms with van der Waals surface area (Å²) in [5.41, 5.74) is 2.59. The Kier molecular flexibility index (Phi) is 7.89. The van der Waals surface area contributed by atoms with Gasteiger partial charge in [-0.05, 0) is 41.8 Å². The number of methoxy groups -OCH3 is 2. The smallest absolute Gasteiger partial charge is 0.163 e. The second-order valence-electron chi connectivity index (χ2n) is 6.20. The normalized spacial score (nSPS) is 12.3. The lowest BCUT2D eigenvalue weighted by molar-refractivity contribution is 0.0903. The molecule has 2 rings (SSSR count). The predicted octanol–water partition coefficient (Wildman–Crippen LogP) is 5.76. The molecular weight excluding hydrogens is 348 g/mol. The molecule has 0 radical (unpaired) electrons. The first-order valence-electron chi connectivity index (χ1n) is 8.71. The van der Waals surface area contributed by atoms with Crippen LogP contribution in [0.3, 0.4) is 0 Å². The Labute approximate surface area is 160 Å². The summed E-state index contributed by atoms with van der Waals surface area (Å²) in [6.07, 6.45) is 5.32. The van der Waals surface area contributed by atoms with Gasteiger partial charge < -0.3 is 9.47 Å². The van der Waals surface area contributed by atoms with Crippen molar-refractivity contribution in [1.29, 1.82) is 0 Å². The Morgan fingerprint density at radius 3 is 2.46 bits per heavy atom.